The lowest BCUT2D eigenvalue weighted by atomic mass is 9.85. The number of hydrogen-bond donors (Lipinski definition) is 1. The second-order valence-corrected chi connectivity index (χ2v) is 9.83. The summed E-state index contributed by atoms with van der Waals surface area (Å²) in [5.74, 6) is 1.66. The van der Waals surface area contributed by atoms with E-state index in [2.05, 4.69) is 75.1 Å². The van der Waals surface area contributed by atoms with E-state index in [1.54, 1.807) is 0 Å². The van der Waals surface area contributed by atoms with Crippen molar-refractivity contribution in [2.24, 2.45) is 11.7 Å². The third kappa shape index (κ3) is 4.08. The van der Waals surface area contributed by atoms with Gasteiger partial charge in [0.25, 0.3) is 0 Å². The number of benzene rings is 2. The molecule has 2 aromatic carbocycles. The zero-order chi connectivity index (χ0) is 20.6. The van der Waals surface area contributed by atoms with Crippen LogP contribution < -0.4 is 10.5 Å². The van der Waals surface area contributed by atoms with Gasteiger partial charge < -0.3 is 10.5 Å². The van der Waals surface area contributed by atoms with Gasteiger partial charge in [-0.05, 0) is 72.0 Å². The fraction of sp³-hybridized carbons (Fsp3) is 0.538. The number of nitrogens with zero attached hydrogens (tertiary/aromatic N) is 1. The van der Waals surface area contributed by atoms with Crippen molar-refractivity contribution >= 4 is 0 Å². The molecule has 3 nitrogen and oxygen atoms in total. The van der Waals surface area contributed by atoms with Gasteiger partial charge in [0, 0.05) is 6.54 Å². The van der Waals surface area contributed by atoms with E-state index in [-0.39, 0.29) is 11.5 Å². The van der Waals surface area contributed by atoms with Crippen molar-refractivity contribution in [3.8, 4) is 5.75 Å². The summed E-state index contributed by atoms with van der Waals surface area (Å²) in [6.07, 6.45) is 3.40. The van der Waals surface area contributed by atoms with E-state index in [4.69, 9.17) is 10.5 Å². The lowest BCUT2D eigenvalue weighted by molar-refractivity contribution is 0.0901. The fourth-order valence-corrected chi connectivity index (χ4v) is 4.98. The highest BCUT2D eigenvalue weighted by Crippen LogP contribution is 2.42. The Morgan fingerprint density at radius 3 is 2.62 bits per heavy atom. The van der Waals surface area contributed by atoms with Crippen LogP contribution in [-0.2, 0) is 18.3 Å². The second-order valence-electron chi connectivity index (χ2n) is 9.83. The summed E-state index contributed by atoms with van der Waals surface area (Å²) in [6.45, 7) is 12.1. The molecule has 0 radical (unpaired) electrons. The largest absolute Gasteiger partial charge is 0.484 e. The average molecular weight is 393 g/mol. The Hall–Kier alpha value is -1.84. The van der Waals surface area contributed by atoms with E-state index in [0.29, 0.717) is 12.0 Å². The summed E-state index contributed by atoms with van der Waals surface area (Å²) < 4.78 is 6.88. The summed E-state index contributed by atoms with van der Waals surface area (Å²) in [4.78, 5) is 2.62. The summed E-state index contributed by atoms with van der Waals surface area (Å²) in [6, 6.07) is 16.0. The number of aryl methyl sites for hydroxylation is 1. The van der Waals surface area contributed by atoms with Crippen LogP contribution in [0.25, 0.3) is 0 Å². The van der Waals surface area contributed by atoms with E-state index < -0.39 is 0 Å². The molecule has 0 saturated carbocycles. The molecule has 2 N–H and O–H groups in total. The standard InChI is InChI=1S/C26H36N2O/c1-5-18-10-11-24(22(14-18)26(2,3)4)29-25-21-9-7-6-8-20(21)15-23(25)28-13-12-19(16-27)17-28/h6-11,14,19,23,25H,5,12-13,15-17,27H2,1-4H3/t19?,23-,25-/m1/s1. The van der Waals surface area contributed by atoms with Gasteiger partial charge in [0.1, 0.15) is 11.9 Å². The molecule has 156 valence electrons. The molecular formula is C26H36N2O. The molecule has 3 atom stereocenters. The minimum Gasteiger partial charge on any atom is -0.484 e. The predicted octanol–water partition coefficient (Wildman–Crippen LogP) is 4.87. The van der Waals surface area contributed by atoms with Crippen LogP contribution in [0.15, 0.2) is 42.5 Å². The molecule has 0 spiro atoms. The first-order valence-electron chi connectivity index (χ1n) is 11.2. The zero-order valence-electron chi connectivity index (χ0n) is 18.4. The van der Waals surface area contributed by atoms with Gasteiger partial charge in [0.2, 0.25) is 0 Å². The van der Waals surface area contributed by atoms with Crippen molar-refractivity contribution in [2.45, 2.75) is 64.5 Å². The summed E-state index contributed by atoms with van der Waals surface area (Å²) in [7, 11) is 0. The van der Waals surface area contributed by atoms with Gasteiger partial charge in [-0.2, -0.15) is 0 Å². The Kier molecular flexibility index (Phi) is 5.72. The van der Waals surface area contributed by atoms with E-state index >= 15 is 0 Å². The maximum atomic E-state index is 6.88. The molecule has 1 aliphatic carbocycles. The van der Waals surface area contributed by atoms with Crippen LogP contribution in [-0.4, -0.2) is 30.6 Å². The molecule has 0 aromatic heterocycles. The van der Waals surface area contributed by atoms with Crippen LogP contribution in [0.5, 0.6) is 5.75 Å². The quantitative estimate of drug-likeness (QED) is 0.789. The average Bonchev–Trinajstić information content (AvgIpc) is 3.32. The highest BCUT2D eigenvalue weighted by atomic mass is 16.5. The Morgan fingerprint density at radius 1 is 1.14 bits per heavy atom. The number of ether oxygens (including phenoxy) is 1. The van der Waals surface area contributed by atoms with Gasteiger partial charge in [-0.25, -0.2) is 0 Å². The number of nitrogens with two attached hydrogens (primary N) is 1. The molecule has 2 aromatic rings. The van der Waals surface area contributed by atoms with Crippen LogP contribution in [0.1, 0.15) is 62.5 Å². The third-order valence-electron chi connectivity index (χ3n) is 6.77. The molecule has 0 amide bonds. The van der Waals surface area contributed by atoms with E-state index in [0.717, 1.165) is 38.2 Å². The maximum absolute atomic E-state index is 6.88. The highest BCUT2D eigenvalue weighted by Gasteiger charge is 2.40. The third-order valence-corrected chi connectivity index (χ3v) is 6.77. The lowest BCUT2D eigenvalue weighted by Crippen LogP contribution is -2.39. The van der Waals surface area contributed by atoms with E-state index in [1.165, 1.54) is 28.7 Å². The van der Waals surface area contributed by atoms with Crippen molar-refractivity contribution in [1.82, 2.24) is 4.90 Å². The summed E-state index contributed by atoms with van der Waals surface area (Å²) in [5.41, 5.74) is 11.5. The van der Waals surface area contributed by atoms with Crippen molar-refractivity contribution in [3.63, 3.8) is 0 Å². The van der Waals surface area contributed by atoms with Gasteiger partial charge in [-0.1, -0.05) is 64.1 Å². The van der Waals surface area contributed by atoms with Crippen molar-refractivity contribution < 1.29 is 4.74 Å². The second kappa shape index (κ2) is 8.12. The van der Waals surface area contributed by atoms with Crippen LogP contribution in [0, 0.1) is 5.92 Å². The van der Waals surface area contributed by atoms with Gasteiger partial charge in [-0.15, -0.1) is 0 Å². The Morgan fingerprint density at radius 2 is 1.93 bits per heavy atom. The molecule has 29 heavy (non-hydrogen) atoms. The highest BCUT2D eigenvalue weighted by molar-refractivity contribution is 5.44. The molecular weight excluding hydrogens is 356 g/mol. The Labute approximate surface area is 176 Å². The van der Waals surface area contributed by atoms with Crippen molar-refractivity contribution in [1.29, 1.82) is 0 Å². The first-order valence-corrected chi connectivity index (χ1v) is 11.2. The summed E-state index contributed by atoms with van der Waals surface area (Å²) >= 11 is 0. The van der Waals surface area contributed by atoms with Crippen LogP contribution in [0.3, 0.4) is 0 Å². The van der Waals surface area contributed by atoms with Gasteiger partial charge in [-0.3, -0.25) is 4.90 Å². The smallest absolute Gasteiger partial charge is 0.140 e. The molecule has 1 fully saturated rings. The molecule has 0 bridgehead atoms. The number of fused-ring (bicyclic) bond motifs is 1. The number of likely N-dealkylation sites (tertiary alicyclic amines) is 1. The first-order chi connectivity index (χ1) is 13.9. The topological polar surface area (TPSA) is 38.5 Å². The van der Waals surface area contributed by atoms with Crippen LogP contribution in [0.4, 0.5) is 0 Å². The molecule has 1 aliphatic heterocycles. The zero-order valence-corrected chi connectivity index (χ0v) is 18.4. The van der Waals surface area contributed by atoms with Crippen LogP contribution in [0.2, 0.25) is 0 Å². The van der Waals surface area contributed by atoms with E-state index in [1.807, 2.05) is 0 Å². The van der Waals surface area contributed by atoms with Gasteiger partial charge in [0.05, 0.1) is 6.04 Å². The minimum atomic E-state index is 0.0480. The molecule has 1 saturated heterocycles. The van der Waals surface area contributed by atoms with Gasteiger partial charge in [0.15, 0.2) is 0 Å². The van der Waals surface area contributed by atoms with E-state index in [9.17, 15) is 0 Å². The van der Waals surface area contributed by atoms with Crippen molar-refractivity contribution in [3.05, 3.63) is 64.7 Å². The normalized spacial score (nSPS) is 24.7. The predicted molar refractivity (Wildman–Crippen MR) is 121 cm³/mol. The number of hydrogen-bond acceptors (Lipinski definition) is 3. The monoisotopic (exact) mass is 392 g/mol. The maximum Gasteiger partial charge on any atom is 0.140 e. The Bertz CT molecular complexity index is 854. The Balaban J connectivity index is 1.68. The first kappa shape index (κ1) is 20.4. The van der Waals surface area contributed by atoms with Gasteiger partial charge >= 0.3 is 0 Å². The molecule has 1 heterocycles. The minimum absolute atomic E-state index is 0.0480. The van der Waals surface area contributed by atoms with Crippen LogP contribution >= 0.6 is 0 Å². The lowest BCUT2D eigenvalue weighted by Gasteiger charge is -2.32. The fourth-order valence-electron chi connectivity index (χ4n) is 4.98. The molecule has 2 aliphatic rings. The summed E-state index contributed by atoms with van der Waals surface area (Å²) in [5, 5.41) is 0. The molecule has 3 heteroatoms. The number of rotatable bonds is 5. The SMILES string of the molecule is CCc1ccc(O[C@@H]2c3ccccc3C[C@H]2N2CCC(CN)C2)c(C(C)(C)C)c1. The van der Waals surface area contributed by atoms with Crippen molar-refractivity contribution in [2.75, 3.05) is 19.6 Å². The molecule has 4 rings (SSSR count). The molecule has 1 unspecified atom stereocenters.